The molecule has 1 amide bonds. The minimum absolute atomic E-state index is 0.0819. The molecule has 2 aliphatic carbocycles. The molecule has 2 aromatic rings. The summed E-state index contributed by atoms with van der Waals surface area (Å²) in [5.41, 5.74) is 0.204. The van der Waals surface area contributed by atoms with Crippen molar-refractivity contribution in [2.75, 3.05) is 5.32 Å². The summed E-state index contributed by atoms with van der Waals surface area (Å²) >= 11 is 5.35. The lowest BCUT2D eigenvalue weighted by molar-refractivity contribution is -0.118. The summed E-state index contributed by atoms with van der Waals surface area (Å²) < 4.78 is 38.4. The van der Waals surface area contributed by atoms with E-state index in [-0.39, 0.29) is 28.2 Å². The van der Waals surface area contributed by atoms with Crippen molar-refractivity contribution < 1.29 is 27.6 Å². The molecule has 2 aromatic carbocycles. The van der Waals surface area contributed by atoms with Gasteiger partial charge in [-0.1, -0.05) is 67.9 Å². The van der Waals surface area contributed by atoms with Crippen LogP contribution in [0.15, 0.2) is 53.6 Å². The van der Waals surface area contributed by atoms with Gasteiger partial charge in [0, 0.05) is 16.7 Å². The van der Waals surface area contributed by atoms with Crippen LogP contribution in [0.25, 0.3) is 0 Å². The summed E-state index contributed by atoms with van der Waals surface area (Å²) in [6.07, 6.45) is -3.82. The van der Waals surface area contributed by atoms with Crippen molar-refractivity contribution >= 4 is 34.8 Å². The van der Waals surface area contributed by atoms with Gasteiger partial charge in [0.2, 0.25) is 5.91 Å². The highest BCUT2D eigenvalue weighted by atomic mass is 35.5. The number of hydrogen-bond acceptors (Lipinski definition) is 3. The maximum absolute atomic E-state index is 13.0. The Hall–Kier alpha value is -2.93. The predicted molar refractivity (Wildman–Crippen MR) is 109 cm³/mol. The number of anilines is 1. The summed E-state index contributed by atoms with van der Waals surface area (Å²) in [5, 5.41) is 1.38. The van der Waals surface area contributed by atoms with E-state index < -0.39 is 40.1 Å². The second-order valence-corrected chi connectivity index (χ2v) is 8.67. The van der Waals surface area contributed by atoms with Crippen molar-refractivity contribution in [3.8, 4) is 0 Å². The molecule has 1 N–H and O–H groups in total. The molecule has 0 aromatic heterocycles. The van der Waals surface area contributed by atoms with Gasteiger partial charge in [-0.15, -0.1) is 0 Å². The van der Waals surface area contributed by atoms with Crippen molar-refractivity contribution in [1.82, 2.24) is 0 Å². The molecule has 0 unspecified atom stereocenters. The number of amides is 1. The van der Waals surface area contributed by atoms with E-state index in [1.165, 1.54) is 12.1 Å². The van der Waals surface area contributed by atoms with Crippen LogP contribution in [0.4, 0.5) is 18.9 Å². The number of carbonyl (C=O) groups excluding carboxylic acids is 3. The normalized spacial score (nSPS) is 21.9. The Bertz CT molecular complexity index is 1170. The molecule has 2 aliphatic rings. The van der Waals surface area contributed by atoms with E-state index in [1.807, 2.05) is 0 Å². The van der Waals surface area contributed by atoms with Gasteiger partial charge < -0.3 is 5.32 Å². The van der Waals surface area contributed by atoms with Crippen LogP contribution in [0.3, 0.4) is 0 Å². The molecule has 1 saturated carbocycles. The highest BCUT2D eigenvalue weighted by Crippen LogP contribution is 2.60. The Labute approximate surface area is 181 Å². The molecule has 0 radical (unpaired) electrons. The maximum atomic E-state index is 13.0. The minimum atomic E-state index is -4.68. The number of allylic oxidation sites excluding steroid dienone is 2. The SMILES string of the molecule is CC1(C)[C@H](/C=C(\Cl)C(F)(F)F)[C@@H]1C(=O)Nc1cccc2c1C(=O)c1ccccc1C2=O. The van der Waals surface area contributed by atoms with Crippen molar-refractivity contribution in [3.63, 3.8) is 0 Å². The fraction of sp³-hybridized carbons (Fsp3) is 0.261. The third kappa shape index (κ3) is 3.47. The Kier molecular flexibility index (Phi) is 4.85. The molecule has 160 valence electrons. The van der Waals surface area contributed by atoms with Gasteiger partial charge in [-0.25, -0.2) is 0 Å². The molecule has 0 spiro atoms. The monoisotopic (exact) mass is 447 g/mol. The zero-order valence-corrected chi connectivity index (χ0v) is 17.3. The summed E-state index contributed by atoms with van der Waals surface area (Å²) in [5.74, 6) is -2.73. The number of rotatable bonds is 3. The largest absolute Gasteiger partial charge is 0.426 e. The Morgan fingerprint density at radius 1 is 1.00 bits per heavy atom. The van der Waals surface area contributed by atoms with Gasteiger partial charge in [0.05, 0.1) is 17.2 Å². The molecule has 8 heteroatoms. The molecule has 1 fully saturated rings. The van der Waals surface area contributed by atoms with E-state index in [4.69, 9.17) is 11.6 Å². The van der Waals surface area contributed by atoms with Gasteiger partial charge in [0.1, 0.15) is 5.03 Å². The molecule has 4 rings (SSSR count). The van der Waals surface area contributed by atoms with Crippen LogP contribution in [0.2, 0.25) is 0 Å². The standard InChI is InChI=1S/C23H17ClF3NO3/c1-22(2)14(10-16(24)23(25,26)27)18(22)21(31)28-15-9-5-8-13-17(15)20(30)12-7-4-3-6-11(12)19(13)29/h3-10,14,18H,1-2H3,(H,28,31)/b16-10-/t14-,18-/m1/s1. The average molecular weight is 448 g/mol. The van der Waals surface area contributed by atoms with E-state index in [1.54, 1.807) is 44.2 Å². The van der Waals surface area contributed by atoms with E-state index >= 15 is 0 Å². The van der Waals surface area contributed by atoms with E-state index in [0.717, 1.165) is 6.08 Å². The Balaban J connectivity index is 1.64. The number of ketones is 2. The zero-order valence-electron chi connectivity index (χ0n) is 16.5. The average Bonchev–Trinajstić information content (AvgIpc) is 3.25. The Morgan fingerprint density at radius 2 is 1.58 bits per heavy atom. The van der Waals surface area contributed by atoms with Gasteiger partial charge in [-0.05, 0) is 17.4 Å². The van der Waals surface area contributed by atoms with Crippen molar-refractivity contribution in [2.24, 2.45) is 17.3 Å². The zero-order chi connectivity index (χ0) is 22.7. The third-order valence-corrected chi connectivity index (χ3v) is 6.34. The topological polar surface area (TPSA) is 63.2 Å². The summed E-state index contributed by atoms with van der Waals surface area (Å²) in [6.45, 7) is 3.34. The van der Waals surface area contributed by atoms with Crippen LogP contribution >= 0.6 is 11.6 Å². The van der Waals surface area contributed by atoms with Crippen LogP contribution in [-0.4, -0.2) is 23.6 Å². The lowest BCUT2D eigenvalue weighted by atomic mass is 9.83. The molecule has 2 atom stereocenters. The molecule has 0 heterocycles. The number of carbonyl (C=O) groups is 3. The number of hydrogen-bond donors (Lipinski definition) is 1. The summed E-state index contributed by atoms with van der Waals surface area (Å²) in [4.78, 5) is 38.7. The summed E-state index contributed by atoms with van der Waals surface area (Å²) in [6, 6.07) is 11.0. The first-order valence-electron chi connectivity index (χ1n) is 9.51. The first kappa shape index (κ1) is 21.3. The molecule has 0 saturated heterocycles. The Morgan fingerprint density at radius 3 is 2.19 bits per heavy atom. The smallest absolute Gasteiger partial charge is 0.325 e. The van der Waals surface area contributed by atoms with Gasteiger partial charge in [0.15, 0.2) is 11.6 Å². The molecule has 0 aliphatic heterocycles. The number of alkyl halides is 3. The van der Waals surface area contributed by atoms with Crippen LogP contribution in [-0.2, 0) is 4.79 Å². The lowest BCUT2D eigenvalue weighted by Crippen LogP contribution is -2.25. The van der Waals surface area contributed by atoms with E-state index in [2.05, 4.69) is 5.32 Å². The van der Waals surface area contributed by atoms with Crippen LogP contribution in [0.5, 0.6) is 0 Å². The first-order valence-corrected chi connectivity index (χ1v) is 9.89. The van der Waals surface area contributed by atoms with Crippen LogP contribution in [0.1, 0.15) is 45.7 Å². The number of nitrogens with one attached hydrogen (secondary N) is 1. The second-order valence-electron chi connectivity index (χ2n) is 8.26. The van der Waals surface area contributed by atoms with Crippen molar-refractivity contribution in [2.45, 2.75) is 20.0 Å². The van der Waals surface area contributed by atoms with Crippen molar-refractivity contribution in [1.29, 1.82) is 0 Å². The minimum Gasteiger partial charge on any atom is -0.325 e. The van der Waals surface area contributed by atoms with Crippen molar-refractivity contribution in [3.05, 3.63) is 75.8 Å². The molecule has 31 heavy (non-hydrogen) atoms. The molecular formula is C23H17ClF3NO3. The quantitative estimate of drug-likeness (QED) is 0.588. The first-order chi connectivity index (χ1) is 14.4. The molecule has 0 bridgehead atoms. The number of halogens is 4. The number of fused-ring (bicyclic) bond motifs is 2. The van der Waals surface area contributed by atoms with Gasteiger partial charge in [-0.2, -0.15) is 13.2 Å². The maximum Gasteiger partial charge on any atom is 0.426 e. The van der Waals surface area contributed by atoms with Gasteiger partial charge in [0.25, 0.3) is 0 Å². The van der Waals surface area contributed by atoms with Gasteiger partial charge >= 0.3 is 6.18 Å². The fourth-order valence-corrected chi connectivity index (χ4v) is 4.34. The van der Waals surface area contributed by atoms with Gasteiger partial charge in [-0.3, -0.25) is 14.4 Å². The predicted octanol–water partition coefficient (Wildman–Crippen LogP) is 5.36. The third-order valence-electron chi connectivity index (χ3n) is 6.00. The van der Waals surface area contributed by atoms with E-state index in [0.29, 0.717) is 5.56 Å². The molecular weight excluding hydrogens is 431 g/mol. The molecule has 4 nitrogen and oxygen atoms in total. The summed E-state index contributed by atoms with van der Waals surface area (Å²) in [7, 11) is 0. The second kappa shape index (κ2) is 7.05. The number of benzene rings is 2. The highest BCUT2D eigenvalue weighted by Gasteiger charge is 2.61. The highest BCUT2D eigenvalue weighted by molar-refractivity contribution is 6.31. The van der Waals surface area contributed by atoms with Crippen LogP contribution < -0.4 is 5.32 Å². The fourth-order valence-electron chi connectivity index (χ4n) is 4.20. The lowest BCUT2D eigenvalue weighted by Gasteiger charge is -2.20. The van der Waals surface area contributed by atoms with Crippen LogP contribution in [0, 0.1) is 17.3 Å². The van der Waals surface area contributed by atoms with E-state index in [9.17, 15) is 27.6 Å².